The second-order valence-corrected chi connectivity index (χ2v) is 5.04. The number of thiazole rings is 1. The van der Waals surface area contributed by atoms with Crippen LogP contribution in [0, 0.1) is 5.92 Å². The van der Waals surface area contributed by atoms with Crippen LogP contribution in [0.4, 0.5) is 5.00 Å². The van der Waals surface area contributed by atoms with Gasteiger partial charge in [0.05, 0.1) is 5.51 Å². The van der Waals surface area contributed by atoms with Crippen molar-refractivity contribution in [3.63, 3.8) is 0 Å². The lowest BCUT2D eigenvalue weighted by molar-refractivity contribution is -0.123. The molecule has 0 aliphatic rings. The van der Waals surface area contributed by atoms with Gasteiger partial charge in [0.2, 0.25) is 5.91 Å². The molecule has 1 rings (SSSR count). The molecule has 0 radical (unpaired) electrons. The Morgan fingerprint density at radius 3 is 2.59 bits per heavy atom. The number of rotatable bonds is 5. The molecule has 0 fully saturated rings. The van der Waals surface area contributed by atoms with Crippen molar-refractivity contribution in [2.75, 3.05) is 5.32 Å². The van der Waals surface area contributed by atoms with E-state index in [1.807, 2.05) is 13.8 Å². The van der Waals surface area contributed by atoms with Crippen molar-refractivity contribution in [2.24, 2.45) is 11.7 Å². The van der Waals surface area contributed by atoms with Gasteiger partial charge in [-0.3, -0.25) is 4.79 Å². The van der Waals surface area contributed by atoms with E-state index >= 15 is 0 Å². The average Bonchev–Trinajstić information content (AvgIpc) is 2.64. The number of carbonyl (C=O) groups is 2. The van der Waals surface area contributed by atoms with Crippen LogP contribution in [0.15, 0.2) is 5.51 Å². The minimum absolute atomic E-state index is 0.0799. The van der Waals surface area contributed by atoms with Gasteiger partial charge in [0.1, 0.15) is 10.5 Å². The fraction of sp³-hybridized carbons (Fsp3) is 0.500. The number of aromatic carboxylic acids is 1. The van der Waals surface area contributed by atoms with Gasteiger partial charge in [0.15, 0.2) is 5.69 Å². The monoisotopic (exact) mass is 257 g/mol. The number of nitrogens with one attached hydrogen (secondary N) is 1. The number of aromatic nitrogens is 1. The van der Waals surface area contributed by atoms with Crippen LogP contribution in [-0.2, 0) is 4.79 Å². The fourth-order valence-corrected chi connectivity index (χ4v) is 2.00. The molecule has 1 heterocycles. The minimum atomic E-state index is -1.13. The number of hydrogen-bond donors (Lipinski definition) is 3. The first-order valence-corrected chi connectivity index (χ1v) is 5.92. The minimum Gasteiger partial charge on any atom is -0.476 e. The molecular formula is C10H15N3O3S. The molecule has 0 saturated heterocycles. The molecule has 0 aliphatic heterocycles. The largest absolute Gasteiger partial charge is 0.476 e. The Kier molecular flexibility index (Phi) is 3.72. The van der Waals surface area contributed by atoms with Gasteiger partial charge in [-0.15, -0.1) is 11.3 Å². The molecule has 1 aromatic rings. The zero-order valence-corrected chi connectivity index (χ0v) is 10.7. The first kappa shape index (κ1) is 13.4. The van der Waals surface area contributed by atoms with Crippen LogP contribution in [0.1, 0.15) is 31.3 Å². The van der Waals surface area contributed by atoms with Crippen molar-refractivity contribution in [3.05, 3.63) is 11.2 Å². The highest BCUT2D eigenvalue weighted by Crippen LogP contribution is 2.28. The van der Waals surface area contributed by atoms with Crippen LogP contribution < -0.4 is 11.1 Å². The Balaban J connectivity index is 3.07. The molecule has 1 unspecified atom stereocenters. The van der Waals surface area contributed by atoms with Gasteiger partial charge in [0.25, 0.3) is 0 Å². The molecule has 4 N–H and O–H groups in total. The molecule has 1 aromatic heterocycles. The molecule has 6 nitrogen and oxygen atoms in total. The number of carbonyl (C=O) groups excluding carboxylic acids is 1. The Morgan fingerprint density at radius 2 is 2.18 bits per heavy atom. The molecule has 1 amide bonds. The molecule has 0 spiro atoms. The Bertz CT molecular complexity index is 444. The van der Waals surface area contributed by atoms with Crippen molar-refractivity contribution in [1.29, 1.82) is 0 Å². The third-order valence-electron chi connectivity index (χ3n) is 2.81. The highest BCUT2D eigenvalue weighted by molar-refractivity contribution is 7.14. The zero-order chi connectivity index (χ0) is 13.2. The summed E-state index contributed by atoms with van der Waals surface area (Å²) in [6.07, 6.45) is 0. The van der Waals surface area contributed by atoms with Crippen LogP contribution in [0.5, 0.6) is 0 Å². The number of hydrogen-bond acceptors (Lipinski definition) is 5. The predicted octanol–water partition coefficient (Wildman–Crippen LogP) is 1.15. The van der Waals surface area contributed by atoms with Gasteiger partial charge in [-0.25, -0.2) is 9.78 Å². The topological polar surface area (TPSA) is 105 Å². The molecule has 7 heteroatoms. The predicted molar refractivity (Wildman–Crippen MR) is 65.1 cm³/mol. The smallest absolute Gasteiger partial charge is 0.357 e. The van der Waals surface area contributed by atoms with Gasteiger partial charge in [-0.1, -0.05) is 13.8 Å². The molecule has 0 saturated carbocycles. The zero-order valence-electron chi connectivity index (χ0n) is 9.85. The van der Waals surface area contributed by atoms with Crippen molar-refractivity contribution >= 4 is 28.2 Å². The maximum absolute atomic E-state index is 11.5. The summed E-state index contributed by atoms with van der Waals surface area (Å²) >= 11 is 1.13. The Labute approximate surface area is 103 Å². The van der Waals surface area contributed by atoms with Crippen LogP contribution in [0.3, 0.4) is 0 Å². The van der Waals surface area contributed by atoms with E-state index in [9.17, 15) is 9.59 Å². The summed E-state index contributed by atoms with van der Waals surface area (Å²) in [5.41, 5.74) is 5.66. The third-order valence-corrected chi connectivity index (χ3v) is 3.55. The maximum atomic E-state index is 11.5. The number of primary amides is 1. The summed E-state index contributed by atoms with van der Waals surface area (Å²) in [5, 5.41) is 12.1. The van der Waals surface area contributed by atoms with Crippen LogP contribution in [0.25, 0.3) is 0 Å². The lowest BCUT2D eigenvalue weighted by Crippen LogP contribution is -2.52. The van der Waals surface area contributed by atoms with Crippen LogP contribution >= 0.6 is 11.3 Å². The number of nitrogens with two attached hydrogens (primary N) is 1. The summed E-state index contributed by atoms with van der Waals surface area (Å²) in [4.78, 5) is 26.1. The standard InChI is InChI=1S/C10H15N3O3S/c1-5(2)10(3,9(11)16)13-7-6(8(14)15)12-4-17-7/h4-5,13H,1-3H3,(H2,11,16)(H,14,15). The Hall–Kier alpha value is -1.63. The molecule has 0 aliphatic carbocycles. The van der Waals surface area contributed by atoms with Crippen molar-refractivity contribution in [1.82, 2.24) is 4.98 Å². The van der Waals surface area contributed by atoms with Crippen molar-refractivity contribution in [2.45, 2.75) is 26.3 Å². The number of carboxylic acid groups (broad SMARTS) is 1. The quantitative estimate of drug-likeness (QED) is 0.733. The fourth-order valence-electron chi connectivity index (χ4n) is 1.21. The van der Waals surface area contributed by atoms with Crippen LogP contribution in [0.2, 0.25) is 0 Å². The number of nitrogens with zero attached hydrogens (tertiary/aromatic N) is 1. The van der Waals surface area contributed by atoms with E-state index in [1.165, 1.54) is 5.51 Å². The maximum Gasteiger partial charge on any atom is 0.357 e. The molecule has 94 valence electrons. The molecule has 0 bridgehead atoms. The lowest BCUT2D eigenvalue weighted by Gasteiger charge is -2.31. The van der Waals surface area contributed by atoms with E-state index in [4.69, 9.17) is 10.8 Å². The lowest BCUT2D eigenvalue weighted by atomic mass is 9.88. The SMILES string of the molecule is CC(C)C(C)(Nc1scnc1C(=O)O)C(N)=O. The highest BCUT2D eigenvalue weighted by Gasteiger charge is 2.36. The van der Waals surface area contributed by atoms with Gasteiger partial charge in [-0.05, 0) is 12.8 Å². The summed E-state index contributed by atoms with van der Waals surface area (Å²) in [5.74, 6) is -1.75. The highest BCUT2D eigenvalue weighted by atomic mass is 32.1. The summed E-state index contributed by atoms with van der Waals surface area (Å²) in [6.45, 7) is 5.31. The molecule has 17 heavy (non-hydrogen) atoms. The summed E-state index contributed by atoms with van der Waals surface area (Å²) < 4.78 is 0. The van der Waals surface area contributed by atoms with Crippen LogP contribution in [-0.4, -0.2) is 27.5 Å². The molecule has 0 aromatic carbocycles. The average molecular weight is 257 g/mol. The Morgan fingerprint density at radius 1 is 1.59 bits per heavy atom. The molecular weight excluding hydrogens is 242 g/mol. The van der Waals surface area contributed by atoms with E-state index in [2.05, 4.69) is 10.3 Å². The van der Waals surface area contributed by atoms with E-state index in [0.717, 1.165) is 11.3 Å². The number of carboxylic acids is 1. The van der Waals surface area contributed by atoms with Crippen molar-refractivity contribution < 1.29 is 14.7 Å². The van der Waals surface area contributed by atoms with Gasteiger partial charge < -0.3 is 16.2 Å². The first-order chi connectivity index (χ1) is 7.79. The van der Waals surface area contributed by atoms with Gasteiger partial charge >= 0.3 is 5.97 Å². The van der Waals surface area contributed by atoms with E-state index in [-0.39, 0.29) is 11.6 Å². The van der Waals surface area contributed by atoms with Crippen molar-refractivity contribution in [3.8, 4) is 0 Å². The molecule has 1 atom stereocenters. The van der Waals surface area contributed by atoms with Gasteiger partial charge in [0, 0.05) is 0 Å². The number of amides is 1. The third kappa shape index (κ3) is 2.55. The second kappa shape index (κ2) is 4.70. The van der Waals surface area contributed by atoms with Gasteiger partial charge in [-0.2, -0.15) is 0 Å². The summed E-state index contributed by atoms with van der Waals surface area (Å²) in [6, 6.07) is 0. The normalized spacial score (nSPS) is 14.4. The van der Waals surface area contributed by atoms with E-state index in [0.29, 0.717) is 5.00 Å². The second-order valence-electron chi connectivity index (χ2n) is 4.18. The first-order valence-electron chi connectivity index (χ1n) is 5.04. The van der Waals surface area contributed by atoms with E-state index < -0.39 is 17.4 Å². The summed E-state index contributed by atoms with van der Waals surface area (Å²) in [7, 11) is 0. The van der Waals surface area contributed by atoms with E-state index in [1.54, 1.807) is 6.92 Å². The number of anilines is 1.